The number of hydrogen-bond donors (Lipinski definition) is 1. The molecule has 2 heterocycles. The largest absolute Gasteiger partial charge is 0.308 e. The normalized spacial score (nSPS) is 14.5. The van der Waals surface area contributed by atoms with Crippen molar-refractivity contribution in [3.63, 3.8) is 0 Å². The SMILES string of the molecule is c1ccc(-n2cc(-c3nc(CNC4CC4)cs3)cn2)cc1. The number of rotatable bonds is 5. The maximum absolute atomic E-state index is 4.69. The third-order valence-electron chi connectivity index (χ3n) is 3.55. The number of benzene rings is 1. The standard InChI is InChI=1S/C16H16N4S/c1-2-4-15(5-3-1)20-10-12(8-18-20)16-19-14(11-21-16)9-17-13-6-7-13/h1-5,8,10-11,13,17H,6-7,9H2. The van der Waals surface area contributed by atoms with Crippen LogP contribution < -0.4 is 5.32 Å². The zero-order valence-corrected chi connectivity index (χ0v) is 12.4. The number of thiazole rings is 1. The van der Waals surface area contributed by atoms with Crippen molar-refractivity contribution < 1.29 is 0 Å². The van der Waals surface area contributed by atoms with Crippen LogP contribution >= 0.6 is 11.3 Å². The molecule has 0 amide bonds. The molecule has 1 saturated carbocycles. The van der Waals surface area contributed by atoms with E-state index in [1.54, 1.807) is 11.3 Å². The van der Waals surface area contributed by atoms with Gasteiger partial charge in [0.15, 0.2) is 0 Å². The number of aromatic nitrogens is 3. The zero-order chi connectivity index (χ0) is 14.1. The quantitative estimate of drug-likeness (QED) is 0.786. The summed E-state index contributed by atoms with van der Waals surface area (Å²) in [5, 5.41) is 11.1. The fourth-order valence-electron chi connectivity index (χ4n) is 2.21. The van der Waals surface area contributed by atoms with E-state index in [1.807, 2.05) is 47.4 Å². The smallest absolute Gasteiger partial charge is 0.126 e. The number of hydrogen-bond acceptors (Lipinski definition) is 4. The Morgan fingerprint density at radius 2 is 2.10 bits per heavy atom. The highest BCUT2D eigenvalue weighted by molar-refractivity contribution is 7.13. The number of nitrogens with one attached hydrogen (secondary N) is 1. The molecule has 1 aromatic carbocycles. The average molecular weight is 296 g/mol. The molecule has 0 unspecified atom stereocenters. The molecule has 3 aromatic rings. The third kappa shape index (κ3) is 2.89. The molecule has 0 aliphatic heterocycles. The molecule has 0 bridgehead atoms. The van der Waals surface area contributed by atoms with E-state index in [2.05, 4.69) is 20.8 Å². The van der Waals surface area contributed by atoms with Crippen LogP contribution in [-0.4, -0.2) is 20.8 Å². The van der Waals surface area contributed by atoms with Gasteiger partial charge >= 0.3 is 0 Å². The Labute approximate surface area is 127 Å². The maximum Gasteiger partial charge on any atom is 0.126 e. The van der Waals surface area contributed by atoms with E-state index in [9.17, 15) is 0 Å². The molecule has 1 fully saturated rings. The lowest BCUT2D eigenvalue weighted by Crippen LogP contribution is -2.15. The monoisotopic (exact) mass is 296 g/mol. The first kappa shape index (κ1) is 12.7. The van der Waals surface area contributed by atoms with E-state index in [1.165, 1.54) is 12.8 Å². The second kappa shape index (κ2) is 5.42. The highest BCUT2D eigenvalue weighted by Gasteiger charge is 2.20. The molecule has 0 atom stereocenters. The van der Waals surface area contributed by atoms with Gasteiger partial charge in [-0.3, -0.25) is 0 Å². The summed E-state index contributed by atoms with van der Waals surface area (Å²) in [5.41, 5.74) is 3.26. The lowest BCUT2D eigenvalue weighted by atomic mass is 10.3. The summed E-state index contributed by atoms with van der Waals surface area (Å²) in [6, 6.07) is 10.8. The predicted molar refractivity (Wildman–Crippen MR) is 84.5 cm³/mol. The molecule has 4 nitrogen and oxygen atoms in total. The highest BCUT2D eigenvalue weighted by Crippen LogP contribution is 2.25. The molecule has 1 aliphatic carbocycles. The van der Waals surface area contributed by atoms with Gasteiger partial charge in [-0.1, -0.05) is 18.2 Å². The lowest BCUT2D eigenvalue weighted by Gasteiger charge is -1.98. The Morgan fingerprint density at radius 3 is 2.90 bits per heavy atom. The minimum absolute atomic E-state index is 0.719. The van der Waals surface area contributed by atoms with E-state index in [0.717, 1.165) is 34.5 Å². The summed E-state index contributed by atoms with van der Waals surface area (Å²) in [7, 11) is 0. The molecular weight excluding hydrogens is 280 g/mol. The van der Waals surface area contributed by atoms with Crippen LogP contribution in [0.1, 0.15) is 18.5 Å². The van der Waals surface area contributed by atoms with Gasteiger partial charge in [-0.25, -0.2) is 9.67 Å². The van der Waals surface area contributed by atoms with Crippen molar-refractivity contribution in [1.29, 1.82) is 0 Å². The van der Waals surface area contributed by atoms with Crippen molar-refractivity contribution in [3.05, 3.63) is 53.8 Å². The third-order valence-corrected chi connectivity index (χ3v) is 4.49. The van der Waals surface area contributed by atoms with Crippen LogP contribution in [0, 0.1) is 0 Å². The Kier molecular flexibility index (Phi) is 3.29. The van der Waals surface area contributed by atoms with Gasteiger partial charge in [-0.15, -0.1) is 11.3 Å². The van der Waals surface area contributed by atoms with Gasteiger partial charge in [-0.05, 0) is 25.0 Å². The van der Waals surface area contributed by atoms with Crippen molar-refractivity contribution in [3.8, 4) is 16.3 Å². The summed E-state index contributed by atoms with van der Waals surface area (Å²) < 4.78 is 1.89. The Hall–Kier alpha value is -1.98. The maximum atomic E-state index is 4.69. The number of nitrogens with zero attached hydrogens (tertiary/aromatic N) is 3. The van der Waals surface area contributed by atoms with Gasteiger partial charge in [0.05, 0.1) is 17.6 Å². The predicted octanol–water partition coefficient (Wildman–Crippen LogP) is 3.25. The van der Waals surface area contributed by atoms with Gasteiger partial charge in [0.25, 0.3) is 0 Å². The van der Waals surface area contributed by atoms with Gasteiger partial charge < -0.3 is 5.32 Å². The minimum atomic E-state index is 0.719. The van der Waals surface area contributed by atoms with Crippen molar-refractivity contribution in [1.82, 2.24) is 20.1 Å². The minimum Gasteiger partial charge on any atom is -0.308 e. The summed E-state index contributed by atoms with van der Waals surface area (Å²) >= 11 is 1.68. The Bertz CT molecular complexity index is 728. The molecule has 1 aliphatic rings. The fourth-order valence-corrected chi connectivity index (χ4v) is 3.01. The van der Waals surface area contributed by atoms with Crippen LogP contribution in [0.5, 0.6) is 0 Å². The summed E-state index contributed by atoms with van der Waals surface area (Å²) in [6.45, 7) is 0.869. The van der Waals surface area contributed by atoms with E-state index >= 15 is 0 Å². The molecule has 1 N–H and O–H groups in total. The highest BCUT2D eigenvalue weighted by atomic mass is 32.1. The van der Waals surface area contributed by atoms with Crippen LogP contribution in [0.3, 0.4) is 0 Å². The Morgan fingerprint density at radius 1 is 1.24 bits per heavy atom. The van der Waals surface area contributed by atoms with Crippen molar-refractivity contribution in [2.24, 2.45) is 0 Å². The van der Waals surface area contributed by atoms with Gasteiger partial charge in [0, 0.05) is 29.7 Å². The van der Waals surface area contributed by atoms with E-state index < -0.39 is 0 Å². The second-order valence-electron chi connectivity index (χ2n) is 5.31. The molecule has 5 heteroatoms. The molecular formula is C16H16N4S. The van der Waals surface area contributed by atoms with E-state index in [4.69, 9.17) is 0 Å². The van der Waals surface area contributed by atoms with Gasteiger partial charge in [0.2, 0.25) is 0 Å². The molecule has 2 aromatic heterocycles. The van der Waals surface area contributed by atoms with Crippen molar-refractivity contribution in [2.75, 3.05) is 0 Å². The van der Waals surface area contributed by atoms with Crippen LogP contribution in [0.2, 0.25) is 0 Å². The van der Waals surface area contributed by atoms with Gasteiger partial charge in [0.1, 0.15) is 5.01 Å². The topological polar surface area (TPSA) is 42.7 Å². The lowest BCUT2D eigenvalue weighted by molar-refractivity contribution is 0.678. The fraction of sp³-hybridized carbons (Fsp3) is 0.250. The van der Waals surface area contributed by atoms with Crippen LogP contribution in [-0.2, 0) is 6.54 Å². The molecule has 21 heavy (non-hydrogen) atoms. The van der Waals surface area contributed by atoms with E-state index in [-0.39, 0.29) is 0 Å². The van der Waals surface area contributed by atoms with E-state index in [0.29, 0.717) is 0 Å². The molecule has 0 saturated heterocycles. The second-order valence-corrected chi connectivity index (χ2v) is 6.17. The summed E-state index contributed by atoms with van der Waals surface area (Å²) in [6.07, 6.45) is 6.53. The summed E-state index contributed by atoms with van der Waals surface area (Å²) in [5.74, 6) is 0. The first-order valence-corrected chi connectivity index (χ1v) is 8.05. The molecule has 106 valence electrons. The molecule has 0 radical (unpaired) electrons. The number of para-hydroxylation sites is 1. The first-order valence-electron chi connectivity index (χ1n) is 7.17. The van der Waals surface area contributed by atoms with Crippen LogP contribution in [0.25, 0.3) is 16.3 Å². The molecule has 0 spiro atoms. The summed E-state index contributed by atoms with van der Waals surface area (Å²) in [4.78, 5) is 4.69. The van der Waals surface area contributed by atoms with Crippen LogP contribution in [0.4, 0.5) is 0 Å². The molecule has 4 rings (SSSR count). The van der Waals surface area contributed by atoms with Crippen molar-refractivity contribution in [2.45, 2.75) is 25.4 Å². The zero-order valence-electron chi connectivity index (χ0n) is 11.6. The average Bonchev–Trinajstić information content (AvgIpc) is 3.03. The Balaban J connectivity index is 1.52. The van der Waals surface area contributed by atoms with Gasteiger partial charge in [-0.2, -0.15) is 5.10 Å². The van der Waals surface area contributed by atoms with Crippen LogP contribution in [0.15, 0.2) is 48.1 Å². The van der Waals surface area contributed by atoms with Crippen molar-refractivity contribution >= 4 is 11.3 Å². The first-order chi connectivity index (χ1) is 10.4.